The Morgan fingerprint density at radius 2 is 1.80 bits per heavy atom. The maximum Gasteiger partial charge on any atom is 0.407 e. The first-order chi connectivity index (χ1) is 7.00. The van der Waals surface area contributed by atoms with E-state index in [0.717, 1.165) is 0 Å². The van der Waals surface area contributed by atoms with Crippen LogP contribution in [-0.4, -0.2) is 40.3 Å². The van der Waals surface area contributed by atoms with Crippen molar-refractivity contribution in [2.24, 2.45) is 5.92 Å². The summed E-state index contributed by atoms with van der Waals surface area (Å²) in [7, 11) is 0. The molecule has 1 saturated heterocycles. The molecule has 1 rings (SSSR count). The van der Waals surface area contributed by atoms with E-state index in [9.17, 15) is 9.59 Å². The lowest BCUT2D eigenvalue weighted by Gasteiger charge is -2.28. The number of carboxylic acids is 1. The summed E-state index contributed by atoms with van der Waals surface area (Å²) in [6.07, 6.45) is 2.24. The Balaban J connectivity index is 2.48. The summed E-state index contributed by atoms with van der Waals surface area (Å²) < 4.78 is 0. The van der Waals surface area contributed by atoms with Crippen LogP contribution in [0.2, 0.25) is 0 Å². The van der Waals surface area contributed by atoms with Gasteiger partial charge in [-0.25, -0.2) is 9.59 Å². The monoisotopic (exact) mass is 213 g/mol. The third kappa shape index (κ3) is 3.27. The molecule has 1 aliphatic rings. The van der Waals surface area contributed by atoms with E-state index >= 15 is 0 Å². The molecule has 1 fully saturated rings. The van der Waals surface area contributed by atoms with Gasteiger partial charge in [-0.3, -0.25) is 0 Å². The third-order valence-corrected chi connectivity index (χ3v) is 2.63. The molecule has 15 heavy (non-hydrogen) atoms. The molecule has 0 saturated carbocycles. The van der Waals surface area contributed by atoms with Crippen molar-refractivity contribution >= 4 is 12.1 Å². The first-order valence-electron chi connectivity index (χ1n) is 4.90. The third-order valence-electron chi connectivity index (χ3n) is 2.63. The summed E-state index contributed by atoms with van der Waals surface area (Å²) in [5.41, 5.74) is 0.337. The van der Waals surface area contributed by atoms with Gasteiger partial charge < -0.3 is 15.1 Å². The van der Waals surface area contributed by atoms with E-state index in [1.807, 2.05) is 0 Å². The van der Waals surface area contributed by atoms with Crippen LogP contribution in [0.4, 0.5) is 4.79 Å². The number of piperidine rings is 1. The quantitative estimate of drug-likeness (QED) is 0.680. The van der Waals surface area contributed by atoms with E-state index in [2.05, 4.69) is 0 Å². The molecule has 1 aliphatic heterocycles. The second kappa shape index (κ2) is 4.82. The molecule has 0 unspecified atom stereocenters. The first kappa shape index (κ1) is 11.6. The number of nitrogens with zero attached hydrogens (tertiary/aromatic N) is 1. The molecule has 0 atom stereocenters. The maximum absolute atomic E-state index is 10.6. The van der Waals surface area contributed by atoms with E-state index < -0.39 is 12.1 Å². The van der Waals surface area contributed by atoms with Crippen LogP contribution in [-0.2, 0) is 4.79 Å². The zero-order valence-corrected chi connectivity index (χ0v) is 8.64. The number of rotatable bonds is 2. The highest BCUT2D eigenvalue weighted by molar-refractivity contribution is 5.85. The van der Waals surface area contributed by atoms with E-state index in [1.165, 1.54) is 4.90 Å². The zero-order valence-electron chi connectivity index (χ0n) is 8.64. The molecular formula is C10H15NO4. The Hall–Kier alpha value is -1.52. The number of hydrogen-bond donors (Lipinski definition) is 2. The zero-order chi connectivity index (χ0) is 11.4. The summed E-state index contributed by atoms with van der Waals surface area (Å²) in [6.45, 7) is 2.54. The van der Waals surface area contributed by atoms with Crippen LogP contribution < -0.4 is 0 Å². The number of carbonyl (C=O) groups is 2. The Kier molecular flexibility index (Phi) is 3.71. The fraction of sp³-hybridized carbons (Fsp3) is 0.600. The number of allylic oxidation sites excluding steroid dienone is 1. The van der Waals surface area contributed by atoms with Gasteiger partial charge in [0.25, 0.3) is 0 Å². The number of carboxylic acid groups (broad SMARTS) is 2. The Morgan fingerprint density at radius 3 is 2.20 bits per heavy atom. The van der Waals surface area contributed by atoms with Crippen molar-refractivity contribution in [1.82, 2.24) is 4.90 Å². The van der Waals surface area contributed by atoms with Gasteiger partial charge in [-0.2, -0.15) is 0 Å². The van der Waals surface area contributed by atoms with Crippen molar-refractivity contribution in [3.8, 4) is 0 Å². The average Bonchev–Trinajstić information content (AvgIpc) is 2.18. The fourth-order valence-corrected chi connectivity index (χ4v) is 1.68. The van der Waals surface area contributed by atoms with Crippen molar-refractivity contribution in [2.45, 2.75) is 19.8 Å². The van der Waals surface area contributed by atoms with Gasteiger partial charge in [0.2, 0.25) is 0 Å². The molecule has 5 nitrogen and oxygen atoms in total. The molecule has 0 aromatic carbocycles. The molecule has 0 aromatic rings. The summed E-state index contributed by atoms with van der Waals surface area (Å²) in [5.74, 6) is -0.715. The van der Waals surface area contributed by atoms with E-state index in [-0.39, 0.29) is 5.92 Å². The molecule has 0 spiro atoms. The first-order valence-corrected chi connectivity index (χ1v) is 4.90. The van der Waals surface area contributed by atoms with Gasteiger partial charge >= 0.3 is 12.1 Å². The largest absolute Gasteiger partial charge is 0.478 e. The van der Waals surface area contributed by atoms with Gasteiger partial charge in [0.15, 0.2) is 0 Å². The molecular weight excluding hydrogens is 198 g/mol. The summed E-state index contributed by atoms with van der Waals surface area (Å²) >= 11 is 0. The van der Waals surface area contributed by atoms with Gasteiger partial charge in [0.1, 0.15) is 0 Å². The standard InChI is InChI=1S/C10H15NO4/c1-7(9(12)13)6-8-2-4-11(5-3-8)10(14)15/h6,8H,2-5H2,1H3,(H,12,13)(H,14,15). The molecule has 84 valence electrons. The highest BCUT2D eigenvalue weighted by atomic mass is 16.4. The normalized spacial score (nSPS) is 19.0. The second-order valence-corrected chi connectivity index (χ2v) is 3.76. The molecule has 1 amide bonds. The lowest BCUT2D eigenvalue weighted by Crippen LogP contribution is -2.37. The number of hydrogen-bond acceptors (Lipinski definition) is 2. The molecule has 1 heterocycles. The molecule has 5 heteroatoms. The van der Waals surface area contributed by atoms with Crippen LogP contribution >= 0.6 is 0 Å². The van der Waals surface area contributed by atoms with Crippen molar-refractivity contribution in [2.75, 3.05) is 13.1 Å². The smallest absolute Gasteiger partial charge is 0.407 e. The Morgan fingerprint density at radius 1 is 1.27 bits per heavy atom. The molecule has 0 bridgehead atoms. The summed E-state index contributed by atoms with van der Waals surface area (Å²) in [5, 5.41) is 17.4. The number of aliphatic carboxylic acids is 1. The summed E-state index contributed by atoms with van der Waals surface area (Å²) in [6, 6.07) is 0. The lowest BCUT2D eigenvalue weighted by atomic mass is 9.95. The number of likely N-dealkylation sites (tertiary alicyclic amines) is 1. The molecule has 2 N–H and O–H groups in total. The van der Waals surface area contributed by atoms with Gasteiger partial charge in [-0.05, 0) is 25.7 Å². The molecule has 0 aromatic heterocycles. The van der Waals surface area contributed by atoms with Gasteiger partial charge in [0.05, 0.1) is 0 Å². The van der Waals surface area contributed by atoms with E-state index in [0.29, 0.717) is 31.5 Å². The molecule has 0 radical (unpaired) electrons. The topological polar surface area (TPSA) is 77.8 Å². The molecule has 0 aliphatic carbocycles. The fourth-order valence-electron chi connectivity index (χ4n) is 1.68. The van der Waals surface area contributed by atoms with Crippen molar-refractivity contribution in [1.29, 1.82) is 0 Å². The maximum atomic E-state index is 10.6. The Bertz CT molecular complexity index is 290. The SMILES string of the molecule is CC(=CC1CCN(C(=O)O)CC1)C(=O)O. The predicted molar refractivity (Wildman–Crippen MR) is 53.7 cm³/mol. The van der Waals surface area contributed by atoms with Crippen LogP contribution in [0.25, 0.3) is 0 Å². The predicted octanol–water partition coefficient (Wildman–Crippen LogP) is 1.41. The lowest BCUT2D eigenvalue weighted by molar-refractivity contribution is -0.132. The van der Waals surface area contributed by atoms with Crippen LogP contribution in [0.3, 0.4) is 0 Å². The van der Waals surface area contributed by atoms with Gasteiger partial charge in [-0.1, -0.05) is 6.08 Å². The minimum absolute atomic E-state index is 0.191. The van der Waals surface area contributed by atoms with Gasteiger partial charge in [0, 0.05) is 18.7 Å². The van der Waals surface area contributed by atoms with Crippen LogP contribution in [0.1, 0.15) is 19.8 Å². The minimum Gasteiger partial charge on any atom is -0.478 e. The van der Waals surface area contributed by atoms with Crippen molar-refractivity contribution in [3.05, 3.63) is 11.6 Å². The van der Waals surface area contributed by atoms with E-state index in [1.54, 1.807) is 13.0 Å². The van der Waals surface area contributed by atoms with Crippen molar-refractivity contribution < 1.29 is 19.8 Å². The van der Waals surface area contributed by atoms with Crippen LogP contribution in [0.15, 0.2) is 11.6 Å². The second-order valence-electron chi connectivity index (χ2n) is 3.76. The number of amides is 1. The van der Waals surface area contributed by atoms with E-state index in [4.69, 9.17) is 10.2 Å². The highest BCUT2D eigenvalue weighted by Crippen LogP contribution is 2.19. The van der Waals surface area contributed by atoms with Crippen molar-refractivity contribution in [3.63, 3.8) is 0 Å². The van der Waals surface area contributed by atoms with Crippen LogP contribution in [0, 0.1) is 5.92 Å². The highest BCUT2D eigenvalue weighted by Gasteiger charge is 2.21. The minimum atomic E-state index is -0.907. The van der Waals surface area contributed by atoms with Crippen LogP contribution in [0.5, 0.6) is 0 Å². The summed E-state index contributed by atoms with van der Waals surface area (Å²) in [4.78, 5) is 22.5. The Labute approximate surface area is 88.0 Å². The van der Waals surface area contributed by atoms with Gasteiger partial charge in [-0.15, -0.1) is 0 Å². The average molecular weight is 213 g/mol.